The van der Waals surface area contributed by atoms with Crippen molar-refractivity contribution in [2.75, 3.05) is 0 Å². The summed E-state index contributed by atoms with van der Waals surface area (Å²) < 4.78 is 53.1. The molecule has 0 aliphatic heterocycles. The summed E-state index contributed by atoms with van der Waals surface area (Å²) in [6.07, 6.45) is 0. The van der Waals surface area contributed by atoms with Gasteiger partial charge in [-0.1, -0.05) is 171 Å². The van der Waals surface area contributed by atoms with Gasteiger partial charge in [0.15, 0.2) is 17.5 Å². The fraction of sp³-hybridized carbons (Fsp3) is 0.0500. The van der Waals surface area contributed by atoms with E-state index in [1.54, 1.807) is 0 Å². The van der Waals surface area contributed by atoms with Crippen LogP contribution in [-0.4, -0.2) is 19.5 Å². The minimum atomic E-state index is -0.498. The molecule has 0 spiro atoms. The lowest BCUT2D eigenvalue weighted by Gasteiger charge is -2.21. The number of fused-ring (bicyclic) bond motifs is 9. The van der Waals surface area contributed by atoms with Crippen LogP contribution >= 0.6 is 0 Å². The standard InChI is InChI=1S/C60H40N4O/c1-60(2)51-25-12-9-22-44(51)45-30-28-42(34-52(45)60)58-61-57(38-18-7-4-8-19-38)62-59(63-58)50-36-43(64-53-26-13-10-23-46(53)47-24-11-14-27-54(47)64)35-49-48-33-41(29-31-55(48)65-56(49)50)40-21-15-20-39(32-40)37-16-5-3-6-17-37/h3-36H,1-2H3/i4D,7D,8D,18D,19D. The lowest BCUT2D eigenvalue weighted by molar-refractivity contribution is 0.660. The predicted octanol–water partition coefficient (Wildman–Crippen LogP) is 15.5. The van der Waals surface area contributed by atoms with Gasteiger partial charge in [-0.3, -0.25) is 0 Å². The lowest BCUT2D eigenvalue weighted by Crippen LogP contribution is -2.15. The molecule has 12 aromatic rings. The van der Waals surface area contributed by atoms with E-state index in [4.69, 9.17) is 26.2 Å². The van der Waals surface area contributed by atoms with Gasteiger partial charge in [0.1, 0.15) is 11.2 Å². The SMILES string of the molecule is [2H]c1c([2H])c([2H])c(-c2nc(-c3ccc4c(c3)C(C)(C)c3ccccc3-4)nc(-c3cc(-n4c5ccccc5c5ccccc54)cc4c3oc3ccc(-c5cccc(-c6ccccc6)c5)cc34)n2)c([2H])c1[2H]. The number of nitrogens with zero attached hydrogens (tertiary/aromatic N) is 4. The van der Waals surface area contributed by atoms with Crippen molar-refractivity contribution in [1.82, 2.24) is 19.5 Å². The first kappa shape index (κ1) is 32.3. The van der Waals surface area contributed by atoms with Gasteiger partial charge < -0.3 is 8.98 Å². The van der Waals surface area contributed by atoms with E-state index in [9.17, 15) is 0 Å². The Morgan fingerprint density at radius 3 is 1.83 bits per heavy atom. The van der Waals surface area contributed by atoms with Gasteiger partial charge in [-0.05, 0) is 93.0 Å². The minimum Gasteiger partial charge on any atom is -0.455 e. The molecule has 306 valence electrons. The molecule has 0 atom stereocenters. The Morgan fingerprint density at radius 1 is 0.431 bits per heavy atom. The third-order valence-corrected chi connectivity index (χ3v) is 13.1. The Kier molecular flexibility index (Phi) is 7.11. The average molecular weight is 838 g/mol. The quantitative estimate of drug-likeness (QED) is 0.167. The number of hydrogen-bond donors (Lipinski definition) is 0. The van der Waals surface area contributed by atoms with Crippen molar-refractivity contribution in [3.05, 3.63) is 217 Å². The highest BCUT2D eigenvalue weighted by Gasteiger charge is 2.35. The van der Waals surface area contributed by atoms with Crippen LogP contribution in [0.1, 0.15) is 31.8 Å². The Morgan fingerprint density at radius 2 is 1.05 bits per heavy atom. The van der Waals surface area contributed by atoms with Crippen LogP contribution in [0.3, 0.4) is 0 Å². The van der Waals surface area contributed by atoms with E-state index in [2.05, 4.69) is 146 Å². The number of benzene rings is 9. The van der Waals surface area contributed by atoms with Gasteiger partial charge in [-0.25, -0.2) is 15.0 Å². The van der Waals surface area contributed by atoms with Gasteiger partial charge in [0, 0.05) is 43.8 Å². The molecule has 1 aliphatic rings. The first-order chi connectivity index (χ1) is 34.0. The first-order valence-electron chi connectivity index (χ1n) is 24.3. The number of furan rings is 1. The highest BCUT2D eigenvalue weighted by atomic mass is 16.3. The van der Waals surface area contributed by atoms with Gasteiger partial charge in [0.05, 0.1) is 23.5 Å². The summed E-state index contributed by atoms with van der Waals surface area (Å²) in [5.41, 5.74) is 13.8. The van der Waals surface area contributed by atoms with Crippen molar-refractivity contribution < 1.29 is 11.3 Å². The molecule has 13 rings (SSSR count). The van der Waals surface area contributed by atoms with Crippen LogP contribution in [-0.2, 0) is 5.41 Å². The van der Waals surface area contributed by atoms with Gasteiger partial charge in [-0.15, -0.1) is 0 Å². The molecule has 0 fully saturated rings. The summed E-state index contributed by atoms with van der Waals surface area (Å²) in [5, 5.41) is 3.92. The first-order valence-corrected chi connectivity index (χ1v) is 21.8. The van der Waals surface area contributed by atoms with E-state index < -0.39 is 30.2 Å². The van der Waals surface area contributed by atoms with Gasteiger partial charge in [-0.2, -0.15) is 0 Å². The molecule has 0 unspecified atom stereocenters. The number of para-hydroxylation sites is 2. The molecule has 3 heterocycles. The van der Waals surface area contributed by atoms with Gasteiger partial charge in [0.25, 0.3) is 0 Å². The highest BCUT2D eigenvalue weighted by Crippen LogP contribution is 2.50. The zero-order chi connectivity index (χ0) is 47.6. The van der Waals surface area contributed by atoms with E-state index in [1.165, 1.54) is 11.1 Å². The van der Waals surface area contributed by atoms with Crippen molar-refractivity contribution in [3.8, 4) is 73.2 Å². The Balaban J connectivity index is 1.10. The second kappa shape index (κ2) is 14.3. The summed E-state index contributed by atoms with van der Waals surface area (Å²) in [7, 11) is 0. The molecule has 5 heteroatoms. The zero-order valence-corrected chi connectivity index (χ0v) is 35.4. The Labute approximate surface area is 383 Å². The van der Waals surface area contributed by atoms with E-state index in [-0.39, 0.29) is 28.5 Å². The molecule has 5 nitrogen and oxygen atoms in total. The van der Waals surface area contributed by atoms with Gasteiger partial charge in [0.2, 0.25) is 0 Å². The summed E-state index contributed by atoms with van der Waals surface area (Å²) in [5.74, 6) is 0.456. The normalized spacial score (nSPS) is 14.0. The van der Waals surface area contributed by atoms with Crippen molar-refractivity contribution >= 4 is 43.7 Å². The molecular weight excluding hydrogens is 793 g/mol. The Bertz CT molecular complexity index is 4090. The minimum absolute atomic E-state index is 0.0489. The molecule has 0 radical (unpaired) electrons. The second-order valence-electron chi connectivity index (χ2n) is 17.2. The topological polar surface area (TPSA) is 56.7 Å². The molecule has 65 heavy (non-hydrogen) atoms. The van der Waals surface area contributed by atoms with Crippen LogP contribution in [0, 0.1) is 0 Å². The molecule has 1 aliphatic carbocycles. The average Bonchev–Trinajstić information content (AvgIpc) is 4.02. The fourth-order valence-corrected chi connectivity index (χ4v) is 9.99. The molecule has 0 saturated heterocycles. The maximum Gasteiger partial charge on any atom is 0.167 e. The fourth-order valence-electron chi connectivity index (χ4n) is 9.99. The Hall–Kier alpha value is -8.41. The number of hydrogen-bond acceptors (Lipinski definition) is 4. The van der Waals surface area contributed by atoms with Crippen molar-refractivity contribution in [2.45, 2.75) is 19.3 Å². The van der Waals surface area contributed by atoms with Crippen LogP contribution in [0.15, 0.2) is 211 Å². The number of rotatable bonds is 6. The maximum atomic E-state index is 9.09. The van der Waals surface area contributed by atoms with Gasteiger partial charge >= 0.3 is 0 Å². The number of aromatic nitrogens is 4. The molecule has 0 bridgehead atoms. The summed E-state index contributed by atoms with van der Waals surface area (Å²) in [6, 6.07) is 58.4. The smallest absolute Gasteiger partial charge is 0.167 e. The molecule has 3 aromatic heterocycles. The summed E-state index contributed by atoms with van der Waals surface area (Å²) in [4.78, 5) is 15.3. The van der Waals surface area contributed by atoms with E-state index in [0.29, 0.717) is 22.3 Å². The molecule has 0 amide bonds. The van der Waals surface area contributed by atoms with E-state index in [0.717, 1.165) is 71.6 Å². The molecule has 0 N–H and O–H groups in total. The summed E-state index contributed by atoms with van der Waals surface area (Å²) >= 11 is 0. The van der Waals surface area contributed by atoms with Crippen molar-refractivity contribution in [3.63, 3.8) is 0 Å². The second-order valence-corrected chi connectivity index (χ2v) is 17.2. The van der Waals surface area contributed by atoms with E-state index >= 15 is 0 Å². The predicted molar refractivity (Wildman–Crippen MR) is 266 cm³/mol. The van der Waals surface area contributed by atoms with Crippen molar-refractivity contribution in [2.24, 2.45) is 0 Å². The molecule has 9 aromatic carbocycles. The van der Waals surface area contributed by atoms with E-state index in [1.807, 2.05) is 48.5 Å². The zero-order valence-electron chi connectivity index (χ0n) is 40.4. The van der Waals surface area contributed by atoms with Crippen molar-refractivity contribution in [1.29, 1.82) is 0 Å². The third-order valence-electron chi connectivity index (χ3n) is 13.1. The van der Waals surface area contributed by atoms with Crippen LogP contribution in [0.2, 0.25) is 0 Å². The van der Waals surface area contributed by atoms with Crippen LogP contribution in [0.25, 0.3) is 117 Å². The van der Waals surface area contributed by atoms with Crippen LogP contribution < -0.4 is 0 Å². The lowest BCUT2D eigenvalue weighted by atomic mass is 9.82. The molecular formula is C60H40N4O. The summed E-state index contributed by atoms with van der Waals surface area (Å²) in [6.45, 7) is 4.42. The third kappa shape index (κ3) is 5.89. The highest BCUT2D eigenvalue weighted by molar-refractivity contribution is 6.13. The monoisotopic (exact) mass is 837 g/mol. The maximum absolute atomic E-state index is 9.09. The van der Waals surface area contributed by atoms with Crippen LogP contribution in [0.5, 0.6) is 0 Å². The molecule has 0 saturated carbocycles. The largest absolute Gasteiger partial charge is 0.455 e. The van der Waals surface area contributed by atoms with Crippen LogP contribution in [0.4, 0.5) is 0 Å².